The maximum atomic E-state index is 10.2. The first kappa shape index (κ1) is 7.14. The summed E-state index contributed by atoms with van der Waals surface area (Å²) in [6.07, 6.45) is 0.294. The van der Waals surface area contributed by atoms with Crippen LogP contribution in [-0.2, 0) is 4.79 Å². The van der Waals surface area contributed by atoms with Crippen molar-refractivity contribution in [3.63, 3.8) is 0 Å². The van der Waals surface area contributed by atoms with Crippen molar-refractivity contribution in [1.82, 2.24) is 0 Å². The van der Waals surface area contributed by atoms with Gasteiger partial charge in [-0.1, -0.05) is 0 Å². The Morgan fingerprint density at radius 2 is 2.30 bits per heavy atom. The molecular weight excluding hydrogens is 134 g/mol. The molecule has 5 heteroatoms. The summed E-state index contributed by atoms with van der Waals surface area (Å²) in [6, 6.07) is -0.847. The maximum Gasteiger partial charge on any atom is 0.320 e. The van der Waals surface area contributed by atoms with Crippen LogP contribution in [-0.4, -0.2) is 22.8 Å². The minimum Gasteiger partial charge on any atom is -0.480 e. The lowest BCUT2D eigenvalue weighted by molar-refractivity contribution is -0.138. The molecule has 0 aromatic heterocycles. The average Bonchev–Trinajstić information content (AvgIpc) is 2.47. The van der Waals surface area contributed by atoms with Gasteiger partial charge in [0.25, 0.3) is 0 Å². The Bertz CT molecular complexity index is 183. The van der Waals surface area contributed by atoms with Gasteiger partial charge in [0.1, 0.15) is 6.04 Å². The Hall–Kier alpha value is -0.970. The quantitative estimate of drug-likeness (QED) is 0.581. The number of hydrogen-bond acceptors (Lipinski definition) is 4. The Labute approximate surface area is 57.9 Å². The molecule has 1 aliphatic rings. The molecule has 1 atom stereocenters. The molecule has 0 aromatic carbocycles. The van der Waals surface area contributed by atoms with E-state index in [0.717, 1.165) is 0 Å². The van der Waals surface area contributed by atoms with Gasteiger partial charge in [-0.15, -0.1) is 0 Å². The maximum absolute atomic E-state index is 10.2. The first-order valence-electron chi connectivity index (χ1n) is 2.96. The van der Waals surface area contributed by atoms with E-state index < -0.39 is 17.7 Å². The molecular formula is C5H9N3O2. The number of aliphatic carboxylic acids is 1. The van der Waals surface area contributed by atoms with Crippen molar-refractivity contribution in [1.29, 1.82) is 0 Å². The fourth-order valence-corrected chi connectivity index (χ4v) is 0.671. The van der Waals surface area contributed by atoms with Crippen molar-refractivity contribution in [2.24, 2.45) is 16.0 Å². The number of nitrogens with two attached hydrogens (primary N) is 1. The summed E-state index contributed by atoms with van der Waals surface area (Å²) in [5.74, 6) is -1.00. The van der Waals surface area contributed by atoms with Crippen molar-refractivity contribution in [3.05, 3.63) is 0 Å². The van der Waals surface area contributed by atoms with E-state index in [1.165, 1.54) is 0 Å². The van der Waals surface area contributed by atoms with Gasteiger partial charge in [-0.25, -0.2) is 0 Å². The minimum absolute atomic E-state index is 0.294. The van der Waals surface area contributed by atoms with Crippen molar-refractivity contribution in [3.8, 4) is 0 Å². The zero-order valence-electron chi connectivity index (χ0n) is 5.61. The van der Waals surface area contributed by atoms with Gasteiger partial charge in [-0.3, -0.25) is 4.79 Å². The fraction of sp³-hybridized carbons (Fsp3) is 0.800. The third-order valence-corrected chi connectivity index (χ3v) is 1.37. The van der Waals surface area contributed by atoms with Crippen LogP contribution in [0.4, 0.5) is 0 Å². The van der Waals surface area contributed by atoms with E-state index in [-0.39, 0.29) is 0 Å². The first-order valence-corrected chi connectivity index (χ1v) is 2.96. The van der Waals surface area contributed by atoms with E-state index >= 15 is 0 Å². The predicted molar refractivity (Wildman–Crippen MR) is 33.5 cm³/mol. The van der Waals surface area contributed by atoms with Gasteiger partial charge in [0.05, 0.1) is 0 Å². The van der Waals surface area contributed by atoms with E-state index in [2.05, 4.69) is 10.2 Å². The lowest BCUT2D eigenvalue weighted by Gasteiger charge is -2.06. The lowest BCUT2D eigenvalue weighted by Crippen LogP contribution is -2.34. The van der Waals surface area contributed by atoms with Crippen LogP contribution in [0.25, 0.3) is 0 Å². The van der Waals surface area contributed by atoms with Gasteiger partial charge < -0.3 is 10.8 Å². The van der Waals surface area contributed by atoms with E-state index in [0.29, 0.717) is 6.42 Å². The summed E-state index contributed by atoms with van der Waals surface area (Å²) in [5.41, 5.74) is 4.72. The molecule has 5 nitrogen and oxygen atoms in total. The molecule has 0 saturated carbocycles. The highest BCUT2D eigenvalue weighted by atomic mass is 16.4. The predicted octanol–water partition coefficient (Wildman–Crippen LogP) is -0.0296. The van der Waals surface area contributed by atoms with Gasteiger partial charge in [0.2, 0.25) is 0 Å². The van der Waals surface area contributed by atoms with Crippen LogP contribution in [0.2, 0.25) is 0 Å². The summed E-state index contributed by atoms with van der Waals surface area (Å²) in [5, 5.41) is 15.6. The second kappa shape index (κ2) is 2.02. The number of hydrogen-bond donors (Lipinski definition) is 2. The largest absolute Gasteiger partial charge is 0.480 e. The van der Waals surface area contributed by atoms with Crippen molar-refractivity contribution < 1.29 is 9.90 Å². The third-order valence-electron chi connectivity index (χ3n) is 1.37. The van der Waals surface area contributed by atoms with Crippen molar-refractivity contribution in [2.75, 3.05) is 0 Å². The van der Waals surface area contributed by atoms with Gasteiger partial charge in [0.15, 0.2) is 5.66 Å². The van der Waals surface area contributed by atoms with E-state index in [1.54, 1.807) is 6.92 Å². The molecule has 0 amide bonds. The first-order chi connectivity index (χ1) is 4.53. The number of carboxylic acids is 1. The number of carbonyl (C=O) groups is 1. The molecule has 0 spiro atoms. The van der Waals surface area contributed by atoms with Gasteiger partial charge in [0, 0.05) is 6.42 Å². The number of carboxylic acid groups (broad SMARTS) is 1. The Morgan fingerprint density at radius 1 is 1.80 bits per heavy atom. The summed E-state index contributed by atoms with van der Waals surface area (Å²) in [7, 11) is 0. The van der Waals surface area contributed by atoms with E-state index in [1.807, 2.05) is 0 Å². The number of rotatable bonds is 3. The molecule has 1 aliphatic heterocycles. The normalized spacial score (nSPS) is 22.2. The second-order valence-corrected chi connectivity index (χ2v) is 2.57. The molecule has 0 saturated heterocycles. The summed E-state index contributed by atoms with van der Waals surface area (Å²) in [4.78, 5) is 10.2. The molecule has 56 valence electrons. The molecule has 10 heavy (non-hydrogen) atoms. The highest BCUT2D eigenvalue weighted by Crippen LogP contribution is 2.31. The second-order valence-electron chi connectivity index (χ2n) is 2.57. The lowest BCUT2D eigenvalue weighted by atomic mass is 10.1. The minimum atomic E-state index is -1.00. The van der Waals surface area contributed by atoms with Crippen LogP contribution in [0.5, 0.6) is 0 Å². The molecule has 3 N–H and O–H groups in total. The highest BCUT2D eigenvalue weighted by molar-refractivity contribution is 5.73. The van der Waals surface area contributed by atoms with Crippen LogP contribution >= 0.6 is 0 Å². The SMILES string of the molecule is CC1(C[C@@H](N)C(=O)O)N=N1. The number of nitrogens with zero attached hydrogens (tertiary/aromatic N) is 2. The van der Waals surface area contributed by atoms with Crippen LogP contribution in [0.15, 0.2) is 10.2 Å². The fourth-order valence-electron chi connectivity index (χ4n) is 0.671. The molecule has 0 aromatic rings. The molecule has 0 aliphatic carbocycles. The molecule has 1 heterocycles. The Morgan fingerprint density at radius 3 is 2.60 bits per heavy atom. The standard InChI is InChI=1S/C5H9N3O2/c1-5(7-8-5)2-3(6)4(9)10/h3H,2,6H2,1H3,(H,9,10)/t3-/m1/s1. The van der Waals surface area contributed by atoms with Crippen LogP contribution in [0.1, 0.15) is 13.3 Å². The van der Waals surface area contributed by atoms with E-state index in [9.17, 15) is 4.79 Å². The van der Waals surface area contributed by atoms with Gasteiger partial charge in [-0.2, -0.15) is 10.2 Å². The van der Waals surface area contributed by atoms with E-state index in [4.69, 9.17) is 10.8 Å². The van der Waals surface area contributed by atoms with Crippen LogP contribution < -0.4 is 5.73 Å². The summed E-state index contributed by atoms with van der Waals surface area (Å²) >= 11 is 0. The summed E-state index contributed by atoms with van der Waals surface area (Å²) in [6.45, 7) is 1.75. The van der Waals surface area contributed by atoms with Gasteiger partial charge in [-0.05, 0) is 6.92 Å². The van der Waals surface area contributed by atoms with Crippen LogP contribution in [0, 0.1) is 0 Å². The molecule has 1 rings (SSSR count). The zero-order chi connectivity index (χ0) is 7.78. The molecule has 0 fully saturated rings. The third kappa shape index (κ3) is 1.51. The highest BCUT2D eigenvalue weighted by Gasteiger charge is 2.37. The van der Waals surface area contributed by atoms with Gasteiger partial charge >= 0.3 is 5.97 Å². The van der Waals surface area contributed by atoms with Crippen molar-refractivity contribution in [2.45, 2.75) is 25.0 Å². The molecule has 0 radical (unpaired) electrons. The zero-order valence-corrected chi connectivity index (χ0v) is 5.61. The Kier molecular flexibility index (Phi) is 1.44. The Balaban J connectivity index is 2.32. The molecule has 0 bridgehead atoms. The summed E-state index contributed by atoms with van der Waals surface area (Å²) < 4.78 is 0. The van der Waals surface area contributed by atoms with Crippen molar-refractivity contribution >= 4 is 5.97 Å². The monoisotopic (exact) mass is 143 g/mol. The molecule has 0 unspecified atom stereocenters. The van der Waals surface area contributed by atoms with Crippen LogP contribution in [0.3, 0.4) is 0 Å². The smallest absolute Gasteiger partial charge is 0.320 e. The average molecular weight is 143 g/mol. The topological polar surface area (TPSA) is 88.0 Å².